The summed E-state index contributed by atoms with van der Waals surface area (Å²) >= 11 is 0. The standard InChI is InChI=1S/C10H17NO3/c1-8(10(13)14-2)7-11-5-3-9(12)4-6-11/h8H,3-7H2,1-2H3. The van der Waals surface area contributed by atoms with Crippen molar-refractivity contribution in [2.45, 2.75) is 19.8 Å². The number of rotatable bonds is 3. The molecule has 1 unspecified atom stereocenters. The predicted octanol–water partition coefficient (Wildman–Crippen LogP) is 0.460. The van der Waals surface area contributed by atoms with Crippen molar-refractivity contribution in [3.63, 3.8) is 0 Å². The minimum atomic E-state index is -0.179. The largest absolute Gasteiger partial charge is 0.469 e. The molecule has 0 aliphatic carbocycles. The zero-order valence-electron chi connectivity index (χ0n) is 8.78. The Bertz CT molecular complexity index is 217. The molecule has 1 saturated heterocycles. The van der Waals surface area contributed by atoms with E-state index < -0.39 is 0 Å². The first kappa shape index (κ1) is 11.2. The highest BCUT2D eigenvalue weighted by molar-refractivity contribution is 5.79. The summed E-state index contributed by atoms with van der Waals surface area (Å²) in [5.41, 5.74) is 0. The summed E-state index contributed by atoms with van der Waals surface area (Å²) in [4.78, 5) is 24.2. The molecule has 4 nitrogen and oxygen atoms in total. The number of nitrogens with zero attached hydrogens (tertiary/aromatic N) is 1. The van der Waals surface area contributed by atoms with E-state index in [9.17, 15) is 9.59 Å². The lowest BCUT2D eigenvalue weighted by molar-refractivity contribution is -0.145. The molecule has 1 atom stereocenters. The zero-order chi connectivity index (χ0) is 10.6. The van der Waals surface area contributed by atoms with Crippen LogP contribution in [0.1, 0.15) is 19.8 Å². The second-order valence-corrected chi connectivity index (χ2v) is 3.76. The van der Waals surface area contributed by atoms with E-state index in [0.717, 1.165) is 13.1 Å². The van der Waals surface area contributed by atoms with Gasteiger partial charge in [-0.3, -0.25) is 9.59 Å². The molecule has 1 rings (SSSR count). The van der Waals surface area contributed by atoms with Crippen LogP contribution in [-0.2, 0) is 14.3 Å². The third-order valence-electron chi connectivity index (χ3n) is 2.55. The van der Waals surface area contributed by atoms with E-state index in [2.05, 4.69) is 9.64 Å². The summed E-state index contributed by atoms with van der Waals surface area (Å²) in [6.45, 7) is 4.10. The van der Waals surface area contributed by atoms with E-state index in [1.807, 2.05) is 6.92 Å². The van der Waals surface area contributed by atoms with Gasteiger partial charge >= 0.3 is 5.97 Å². The molecular formula is C10H17NO3. The molecule has 14 heavy (non-hydrogen) atoms. The zero-order valence-corrected chi connectivity index (χ0v) is 8.78. The van der Waals surface area contributed by atoms with Crippen LogP contribution in [0.15, 0.2) is 0 Å². The van der Waals surface area contributed by atoms with Crippen molar-refractivity contribution in [2.24, 2.45) is 5.92 Å². The fourth-order valence-corrected chi connectivity index (χ4v) is 1.65. The number of esters is 1. The van der Waals surface area contributed by atoms with Crippen LogP contribution in [0.2, 0.25) is 0 Å². The lowest BCUT2D eigenvalue weighted by Gasteiger charge is -2.27. The summed E-state index contributed by atoms with van der Waals surface area (Å²) in [6, 6.07) is 0. The molecule has 0 N–H and O–H groups in total. The quantitative estimate of drug-likeness (QED) is 0.619. The van der Waals surface area contributed by atoms with E-state index >= 15 is 0 Å². The lowest BCUT2D eigenvalue weighted by Crippen LogP contribution is -2.38. The molecule has 0 saturated carbocycles. The van der Waals surface area contributed by atoms with Gasteiger partial charge in [0.15, 0.2) is 0 Å². The average molecular weight is 199 g/mol. The van der Waals surface area contributed by atoms with Crippen LogP contribution >= 0.6 is 0 Å². The Morgan fingerprint density at radius 1 is 1.50 bits per heavy atom. The maximum Gasteiger partial charge on any atom is 0.309 e. The van der Waals surface area contributed by atoms with Crippen LogP contribution in [0.25, 0.3) is 0 Å². The molecule has 0 spiro atoms. The van der Waals surface area contributed by atoms with Crippen LogP contribution in [-0.4, -0.2) is 43.4 Å². The second-order valence-electron chi connectivity index (χ2n) is 3.76. The Hall–Kier alpha value is -0.900. The summed E-state index contributed by atoms with van der Waals surface area (Å²) in [5.74, 6) is 0.0436. The highest BCUT2D eigenvalue weighted by Crippen LogP contribution is 2.09. The van der Waals surface area contributed by atoms with Crippen molar-refractivity contribution >= 4 is 11.8 Å². The SMILES string of the molecule is COC(=O)C(C)CN1CCC(=O)CC1. The second kappa shape index (κ2) is 5.10. The number of Topliss-reactive ketones (excluding diaryl/α,β-unsaturated/α-hetero) is 1. The number of likely N-dealkylation sites (tertiary alicyclic amines) is 1. The molecule has 0 bridgehead atoms. The topological polar surface area (TPSA) is 46.6 Å². The first-order valence-corrected chi connectivity index (χ1v) is 4.95. The van der Waals surface area contributed by atoms with E-state index in [0.29, 0.717) is 25.2 Å². The highest BCUT2D eigenvalue weighted by Gasteiger charge is 2.21. The van der Waals surface area contributed by atoms with Crippen LogP contribution in [0, 0.1) is 5.92 Å². The van der Waals surface area contributed by atoms with Crippen molar-refractivity contribution in [3.8, 4) is 0 Å². The van der Waals surface area contributed by atoms with Gasteiger partial charge in [0, 0.05) is 32.5 Å². The van der Waals surface area contributed by atoms with E-state index in [4.69, 9.17) is 0 Å². The van der Waals surface area contributed by atoms with Gasteiger partial charge < -0.3 is 9.64 Å². The first-order chi connectivity index (χ1) is 6.63. The third kappa shape index (κ3) is 3.10. The van der Waals surface area contributed by atoms with E-state index in [1.165, 1.54) is 7.11 Å². The van der Waals surface area contributed by atoms with Crippen molar-refractivity contribution in [3.05, 3.63) is 0 Å². The number of ketones is 1. The minimum absolute atomic E-state index is 0.104. The lowest BCUT2D eigenvalue weighted by atomic mass is 10.1. The van der Waals surface area contributed by atoms with Crippen molar-refractivity contribution in [2.75, 3.05) is 26.7 Å². The first-order valence-electron chi connectivity index (χ1n) is 4.95. The van der Waals surface area contributed by atoms with Gasteiger partial charge in [-0.05, 0) is 0 Å². The van der Waals surface area contributed by atoms with Crippen LogP contribution < -0.4 is 0 Å². The molecule has 1 aliphatic heterocycles. The molecule has 0 radical (unpaired) electrons. The van der Waals surface area contributed by atoms with Crippen LogP contribution in [0.5, 0.6) is 0 Å². The molecule has 0 aromatic carbocycles. The molecule has 80 valence electrons. The van der Waals surface area contributed by atoms with Gasteiger partial charge in [0.1, 0.15) is 5.78 Å². The fourth-order valence-electron chi connectivity index (χ4n) is 1.65. The van der Waals surface area contributed by atoms with Gasteiger partial charge in [0.05, 0.1) is 13.0 Å². The van der Waals surface area contributed by atoms with Gasteiger partial charge in [-0.2, -0.15) is 0 Å². The number of ether oxygens (including phenoxy) is 1. The molecule has 1 fully saturated rings. The van der Waals surface area contributed by atoms with Gasteiger partial charge in [0.2, 0.25) is 0 Å². The Morgan fingerprint density at radius 2 is 2.07 bits per heavy atom. The number of carbonyl (C=O) groups excluding carboxylic acids is 2. The molecule has 0 amide bonds. The Kier molecular flexibility index (Phi) is 4.07. The van der Waals surface area contributed by atoms with Crippen molar-refractivity contribution in [1.82, 2.24) is 4.90 Å². The van der Waals surface area contributed by atoms with Crippen LogP contribution in [0.4, 0.5) is 0 Å². The van der Waals surface area contributed by atoms with Gasteiger partial charge in [-0.1, -0.05) is 6.92 Å². The average Bonchev–Trinajstić information content (AvgIpc) is 2.20. The third-order valence-corrected chi connectivity index (χ3v) is 2.55. The van der Waals surface area contributed by atoms with Crippen LogP contribution in [0.3, 0.4) is 0 Å². The molecule has 4 heteroatoms. The molecule has 1 aliphatic rings. The Labute approximate surface area is 84.2 Å². The van der Waals surface area contributed by atoms with Crippen molar-refractivity contribution < 1.29 is 14.3 Å². The molecular weight excluding hydrogens is 182 g/mol. The monoisotopic (exact) mass is 199 g/mol. The molecule has 0 aromatic rings. The predicted molar refractivity (Wildman–Crippen MR) is 51.9 cm³/mol. The van der Waals surface area contributed by atoms with E-state index in [-0.39, 0.29) is 11.9 Å². The fraction of sp³-hybridized carbons (Fsp3) is 0.800. The van der Waals surface area contributed by atoms with E-state index in [1.54, 1.807) is 0 Å². The minimum Gasteiger partial charge on any atom is -0.469 e. The number of carbonyl (C=O) groups is 2. The van der Waals surface area contributed by atoms with Crippen molar-refractivity contribution in [1.29, 1.82) is 0 Å². The smallest absolute Gasteiger partial charge is 0.309 e. The number of hydrogen-bond donors (Lipinski definition) is 0. The maximum absolute atomic E-state index is 11.1. The number of methoxy groups -OCH3 is 1. The normalized spacial score (nSPS) is 20.6. The van der Waals surface area contributed by atoms with Gasteiger partial charge in [-0.25, -0.2) is 0 Å². The van der Waals surface area contributed by atoms with Gasteiger partial charge in [-0.15, -0.1) is 0 Å². The number of hydrogen-bond acceptors (Lipinski definition) is 4. The Morgan fingerprint density at radius 3 is 2.57 bits per heavy atom. The molecule has 1 heterocycles. The highest BCUT2D eigenvalue weighted by atomic mass is 16.5. The summed E-state index contributed by atoms with van der Waals surface area (Å²) in [5, 5.41) is 0. The number of piperidine rings is 1. The van der Waals surface area contributed by atoms with Gasteiger partial charge in [0.25, 0.3) is 0 Å². The summed E-state index contributed by atoms with van der Waals surface area (Å²) < 4.78 is 4.64. The maximum atomic E-state index is 11.1. The summed E-state index contributed by atoms with van der Waals surface area (Å²) in [7, 11) is 1.40. The summed E-state index contributed by atoms with van der Waals surface area (Å²) in [6.07, 6.45) is 1.24. The Balaban J connectivity index is 2.30. The molecule has 0 aromatic heterocycles.